The molecule has 19 nitrogen and oxygen atoms in total. The molecule has 10 N–H and O–H groups in total. The summed E-state index contributed by atoms with van der Waals surface area (Å²) in [6.07, 6.45) is -29.7. The number of hydrogen-bond acceptors (Lipinski definition) is 18. The van der Waals surface area contributed by atoms with Crippen molar-refractivity contribution in [2.75, 3.05) is 13.2 Å². The number of rotatable bonds is 11. The van der Waals surface area contributed by atoms with Crippen molar-refractivity contribution in [1.29, 1.82) is 0 Å². The Bertz CT molecular complexity index is 1000. The van der Waals surface area contributed by atoms with Gasteiger partial charge in [0.1, 0.15) is 67.1 Å². The van der Waals surface area contributed by atoms with Crippen molar-refractivity contribution in [1.82, 2.24) is 0 Å². The van der Waals surface area contributed by atoms with E-state index in [-0.39, 0.29) is 6.61 Å². The first-order valence-corrected chi connectivity index (χ1v) is 15.6. The average Bonchev–Trinajstić information content (AvgIpc) is 3.03. The fourth-order valence-corrected chi connectivity index (χ4v) is 5.91. The van der Waals surface area contributed by atoms with Crippen LogP contribution in [0.2, 0.25) is 0 Å². The quantitative estimate of drug-likeness (QED) is 0.0973. The second-order valence-corrected chi connectivity index (χ2v) is 12.4. The lowest BCUT2D eigenvalue weighted by Crippen LogP contribution is -2.67. The van der Waals surface area contributed by atoms with Gasteiger partial charge in [-0.1, -0.05) is 13.8 Å². The smallest absolute Gasteiger partial charge is 0.335 e. The maximum Gasteiger partial charge on any atom is 0.335 e. The van der Waals surface area contributed by atoms with Crippen LogP contribution >= 0.6 is 0 Å². The van der Waals surface area contributed by atoms with Gasteiger partial charge in [-0.2, -0.15) is 0 Å². The maximum atomic E-state index is 12.1. The first-order valence-electron chi connectivity index (χ1n) is 15.6. The first-order chi connectivity index (χ1) is 22.1. The molecule has 4 fully saturated rings. The molecule has 4 saturated heterocycles. The molecule has 0 aromatic rings. The predicted octanol–water partition coefficient (Wildman–Crippen LogP) is -4.89. The summed E-state index contributed by atoms with van der Waals surface area (Å²) in [6.45, 7) is 5.39. The summed E-state index contributed by atoms with van der Waals surface area (Å²) in [5.41, 5.74) is 0. The molecule has 8 unspecified atom stereocenters. The highest BCUT2D eigenvalue weighted by molar-refractivity contribution is 5.73. The zero-order valence-corrected chi connectivity index (χ0v) is 26.3. The number of aliphatic carboxylic acids is 1. The molecule has 0 bridgehead atoms. The summed E-state index contributed by atoms with van der Waals surface area (Å²) in [6, 6.07) is 0. The Kier molecular flexibility index (Phi) is 13.3. The van der Waals surface area contributed by atoms with Crippen molar-refractivity contribution in [3.8, 4) is 0 Å². The summed E-state index contributed by atoms with van der Waals surface area (Å²) in [5.74, 6) is -2.52. The highest BCUT2D eigenvalue weighted by atomic mass is 16.8. The van der Waals surface area contributed by atoms with Crippen LogP contribution in [0.5, 0.6) is 0 Å². The predicted molar refractivity (Wildman–Crippen MR) is 149 cm³/mol. The van der Waals surface area contributed by atoms with Crippen molar-refractivity contribution in [3.63, 3.8) is 0 Å². The van der Waals surface area contributed by atoms with Gasteiger partial charge in [-0.15, -0.1) is 0 Å². The zero-order chi connectivity index (χ0) is 34.9. The molecule has 4 aliphatic rings. The lowest BCUT2D eigenvalue weighted by atomic mass is 9.92. The van der Waals surface area contributed by atoms with Crippen molar-refractivity contribution < 1.29 is 93.8 Å². The summed E-state index contributed by atoms with van der Waals surface area (Å²) in [7, 11) is 0. The van der Waals surface area contributed by atoms with Gasteiger partial charge in [-0.05, 0) is 20.3 Å². The average molecular weight is 689 g/mol. The van der Waals surface area contributed by atoms with Gasteiger partial charge < -0.3 is 89.0 Å². The number of aliphatic hydroxyl groups excluding tert-OH is 9. The van der Waals surface area contributed by atoms with Gasteiger partial charge in [-0.3, -0.25) is 0 Å². The van der Waals surface area contributed by atoms with Crippen molar-refractivity contribution in [2.45, 2.75) is 151 Å². The molecule has 0 aromatic heterocycles. The van der Waals surface area contributed by atoms with Crippen LogP contribution in [0.4, 0.5) is 0 Å². The van der Waals surface area contributed by atoms with E-state index >= 15 is 0 Å². The molecule has 0 spiro atoms. The van der Waals surface area contributed by atoms with Crippen molar-refractivity contribution in [3.05, 3.63) is 0 Å². The second kappa shape index (κ2) is 16.2. The van der Waals surface area contributed by atoms with Gasteiger partial charge >= 0.3 is 5.97 Å². The lowest BCUT2D eigenvalue weighted by Gasteiger charge is -2.49. The van der Waals surface area contributed by atoms with Gasteiger partial charge in [0.25, 0.3) is 0 Å². The van der Waals surface area contributed by atoms with Gasteiger partial charge in [-0.25, -0.2) is 4.79 Å². The SMILES string of the molecule is CCCO[C@@H]1OC(C(=O)O)[C@H](O[C@@H]2O[C@@H](C)[C@H](O)C(O)C2O[C@@H]2O[C@@H](C)[C@H](O)C(O)C2O[C@@H]2OC(CO)[C@H](O)[C@H](O)C2C)[C@H](O)C1O. The Labute approximate surface area is 270 Å². The molecule has 4 rings (SSSR count). The van der Waals surface area contributed by atoms with E-state index in [1.807, 2.05) is 0 Å². The Morgan fingerprint density at radius 2 is 1.09 bits per heavy atom. The van der Waals surface area contributed by atoms with E-state index < -0.39 is 135 Å². The standard InChI is InChI=1S/C28H48O19/c1-5-6-40-26-19(37)18(36)20(23(47-26)24(38)39)44-27-22(17(35)14(32)9(3)41-27)46-28-21(16(34)13(31)10(4)42-28)45-25-8(2)12(30)15(33)11(7-29)43-25/h8-23,25-37H,5-7H2,1-4H3,(H,38,39)/t8?,9-,10-,11?,12+,13-,14-,15-,16?,17?,18+,19?,20+,21?,22?,23?,25-,26+,27-,28-/m0/s1. The molecule has 0 amide bonds. The van der Waals surface area contributed by atoms with E-state index in [1.54, 1.807) is 6.92 Å². The van der Waals surface area contributed by atoms with Gasteiger partial charge in [0.15, 0.2) is 31.3 Å². The minimum Gasteiger partial charge on any atom is -0.479 e. The summed E-state index contributed by atoms with van der Waals surface area (Å²) in [4.78, 5) is 12.1. The summed E-state index contributed by atoms with van der Waals surface area (Å²) in [5, 5.41) is 105. The monoisotopic (exact) mass is 688 g/mol. The van der Waals surface area contributed by atoms with Crippen LogP contribution in [-0.4, -0.2) is 187 Å². The number of hydrogen-bond donors (Lipinski definition) is 10. The number of ether oxygens (including phenoxy) is 8. The van der Waals surface area contributed by atoms with E-state index in [0.29, 0.717) is 6.42 Å². The molecule has 274 valence electrons. The van der Waals surface area contributed by atoms with Crippen LogP contribution < -0.4 is 0 Å². The fraction of sp³-hybridized carbons (Fsp3) is 0.964. The topological polar surface area (TPSA) is 293 Å². The van der Waals surface area contributed by atoms with Crippen LogP contribution in [-0.2, 0) is 42.7 Å². The Morgan fingerprint density at radius 1 is 0.596 bits per heavy atom. The van der Waals surface area contributed by atoms with E-state index in [0.717, 1.165) is 0 Å². The van der Waals surface area contributed by atoms with Gasteiger partial charge in [0.05, 0.1) is 24.9 Å². The second-order valence-electron chi connectivity index (χ2n) is 12.4. The largest absolute Gasteiger partial charge is 0.479 e. The van der Waals surface area contributed by atoms with Crippen molar-refractivity contribution >= 4 is 5.97 Å². The Morgan fingerprint density at radius 3 is 1.57 bits per heavy atom. The number of aliphatic hydroxyl groups is 9. The van der Waals surface area contributed by atoms with Gasteiger partial charge in [0.2, 0.25) is 0 Å². The minimum atomic E-state index is -1.90. The van der Waals surface area contributed by atoms with E-state index in [2.05, 4.69) is 0 Å². The zero-order valence-electron chi connectivity index (χ0n) is 26.3. The molecule has 0 saturated carbocycles. The molecule has 4 heterocycles. The van der Waals surface area contributed by atoms with Gasteiger partial charge in [0, 0.05) is 12.5 Å². The highest BCUT2D eigenvalue weighted by Gasteiger charge is 2.56. The fourth-order valence-electron chi connectivity index (χ4n) is 5.91. The lowest BCUT2D eigenvalue weighted by molar-refractivity contribution is -0.396. The molecule has 0 aromatic carbocycles. The Balaban J connectivity index is 1.60. The van der Waals surface area contributed by atoms with Crippen LogP contribution in [0.15, 0.2) is 0 Å². The molecule has 0 aliphatic carbocycles. The van der Waals surface area contributed by atoms with E-state index in [9.17, 15) is 55.9 Å². The van der Waals surface area contributed by atoms with Crippen LogP contribution in [0.25, 0.3) is 0 Å². The Hall–Kier alpha value is -1.21. The number of carbonyl (C=O) groups is 1. The molecule has 19 heteroatoms. The van der Waals surface area contributed by atoms with E-state index in [1.165, 1.54) is 20.8 Å². The molecular weight excluding hydrogens is 640 g/mol. The van der Waals surface area contributed by atoms with Crippen molar-refractivity contribution in [2.24, 2.45) is 5.92 Å². The third-order valence-corrected chi connectivity index (χ3v) is 8.90. The maximum absolute atomic E-state index is 12.1. The molecule has 0 radical (unpaired) electrons. The number of carboxylic acids is 1. The summed E-state index contributed by atoms with van der Waals surface area (Å²) < 4.78 is 45.5. The molecular formula is C28H48O19. The van der Waals surface area contributed by atoms with Crippen LogP contribution in [0, 0.1) is 5.92 Å². The third-order valence-electron chi connectivity index (χ3n) is 8.90. The molecule has 47 heavy (non-hydrogen) atoms. The molecule has 4 aliphatic heterocycles. The first kappa shape index (κ1) is 38.6. The third kappa shape index (κ3) is 8.07. The normalized spacial score (nSPS) is 51.1. The summed E-state index contributed by atoms with van der Waals surface area (Å²) >= 11 is 0. The molecule has 20 atom stereocenters. The van der Waals surface area contributed by atoms with E-state index in [4.69, 9.17) is 37.9 Å². The van der Waals surface area contributed by atoms with Crippen LogP contribution in [0.3, 0.4) is 0 Å². The van der Waals surface area contributed by atoms with Crippen LogP contribution in [0.1, 0.15) is 34.1 Å². The highest BCUT2D eigenvalue weighted by Crippen LogP contribution is 2.36. The minimum absolute atomic E-state index is 0.0873. The number of carboxylic acid groups (broad SMARTS) is 1.